The fourth-order valence-electron chi connectivity index (χ4n) is 2.96. The second kappa shape index (κ2) is 10.00. The zero-order chi connectivity index (χ0) is 22.4. The smallest absolute Gasteiger partial charge is 0.339 e. The molecule has 0 spiro atoms. The molecule has 7 heteroatoms. The highest BCUT2D eigenvalue weighted by Crippen LogP contribution is 2.36. The summed E-state index contributed by atoms with van der Waals surface area (Å²) in [6, 6.07) is 19.0. The van der Waals surface area contributed by atoms with Crippen LogP contribution >= 0.6 is 11.6 Å². The third-order valence-electron chi connectivity index (χ3n) is 4.55. The van der Waals surface area contributed by atoms with E-state index in [9.17, 15) is 9.59 Å². The summed E-state index contributed by atoms with van der Waals surface area (Å²) in [6.45, 7) is 1.95. The Morgan fingerprint density at radius 3 is 2.23 bits per heavy atom. The Bertz CT molecular complexity index is 1070. The highest BCUT2D eigenvalue weighted by atomic mass is 35.5. The van der Waals surface area contributed by atoms with Crippen molar-refractivity contribution in [1.29, 1.82) is 0 Å². The van der Waals surface area contributed by atoms with Crippen LogP contribution in [0.25, 0.3) is 0 Å². The molecule has 1 amide bonds. The van der Waals surface area contributed by atoms with E-state index in [1.807, 2.05) is 25.1 Å². The van der Waals surface area contributed by atoms with Gasteiger partial charge in [-0.1, -0.05) is 59.6 Å². The van der Waals surface area contributed by atoms with Crippen LogP contribution in [-0.4, -0.2) is 26.1 Å². The van der Waals surface area contributed by atoms with Gasteiger partial charge in [-0.05, 0) is 31.2 Å². The molecule has 1 atom stereocenters. The van der Waals surface area contributed by atoms with Gasteiger partial charge in [-0.15, -0.1) is 0 Å². The third kappa shape index (κ3) is 5.35. The van der Waals surface area contributed by atoms with Crippen LogP contribution in [0.4, 0.5) is 5.69 Å². The molecule has 0 saturated heterocycles. The summed E-state index contributed by atoms with van der Waals surface area (Å²) in [5.41, 5.74) is 2.33. The first kappa shape index (κ1) is 22.2. The number of carbonyl (C=O) groups is 2. The molecule has 1 N–H and O–H groups in total. The molecular weight excluding hydrogens is 418 g/mol. The van der Waals surface area contributed by atoms with Gasteiger partial charge < -0.3 is 19.5 Å². The summed E-state index contributed by atoms with van der Waals surface area (Å²) >= 11 is 6.20. The first-order valence-electron chi connectivity index (χ1n) is 9.48. The molecule has 0 aromatic heterocycles. The van der Waals surface area contributed by atoms with Gasteiger partial charge in [0.25, 0.3) is 5.91 Å². The maximum atomic E-state index is 13.0. The van der Waals surface area contributed by atoms with Crippen LogP contribution in [0.2, 0.25) is 5.02 Å². The van der Waals surface area contributed by atoms with Gasteiger partial charge in [-0.25, -0.2) is 4.79 Å². The summed E-state index contributed by atoms with van der Waals surface area (Å²) in [5.74, 6) is -0.620. The van der Waals surface area contributed by atoms with Gasteiger partial charge >= 0.3 is 5.97 Å². The van der Waals surface area contributed by atoms with Crippen LogP contribution in [0.5, 0.6) is 11.5 Å². The second-order valence-corrected chi connectivity index (χ2v) is 7.15. The van der Waals surface area contributed by atoms with Crippen molar-refractivity contribution in [1.82, 2.24) is 0 Å². The number of halogens is 1. The quantitative estimate of drug-likeness (QED) is 0.512. The van der Waals surface area contributed by atoms with E-state index in [1.54, 1.807) is 36.4 Å². The van der Waals surface area contributed by atoms with Crippen LogP contribution < -0.4 is 14.8 Å². The Kier molecular flexibility index (Phi) is 7.15. The molecule has 0 aliphatic heterocycles. The standard InChI is InChI=1S/C24H22ClNO5/c1-15-9-11-18(12-10-15)26-23(27)21(16-7-5-4-6-8-16)31-24(28)17-13-19(25)22(30-3)20(14-17)29-2/h4-14,21H,1-3H3,(H,26,27)/t21-/m0/s1. The Morgan fingerprint density at radius 1 is 0.935 bits per heavy atom. The number of aryl methyl sites for hydroxylation is 1. The predicted molar refractivity (Wildman–Crippen MR) is 119 cm³/mol. The molecular formula is C24H22ClNO5. The molecule has 3 rings (SSSR count). The minimum Gasteiger partial charge on any atom is -0.493 e. The highest BCUT2D eigenvalue weighted by molar-refractivity contribution is 6.32. The van der Waals surface area contributed by atoms with E-state index in [1.165, 1.54) is 26.4 Å². The number of ether oxygens (including phenoxy) is 3. The van der Waals surface area contributed by atoms with Gasteiger partial charge in [0.2, 0.25) is 6.10 Å². The molecule has 6 nitrogen and oxygen atoms in total. The fraction of sp³-hybridized carbons (Fsp3) is 0.167. The normalized spacial score (nSPS) is 11.4. The SMILES string of the molecule is COc1cc(C(=O)O[C@H](C(=O)Nc2ccc(C)cc2)c2ccccc2)cc(Cl)c1OC. The maximum Gasteiger partial charge on any atom is 0.339 e. The maximum absolute atomic E-state index is 13.0. The molecule has 3 aromatic carbocycles. The number of hydrogen-bond acceptors (Lipinski definition) is 5. The number of anilines is 1. The molecule has 0 aliphatic rings. The van der Waals surface area contributed by atoms with E-state index in [4.69, 9.17) is 25.8 Å². The van der Waals surface area contributed by atoms with Crippen molar-refractivity contribution < 1.29 is 23.8 Å². The van der Waals surface area contributed by atoms with Crippen LogP contribution in [0.3, 0.4) is 0 Å². The number of rotatable bonds is 7. The predicted octanol–water partition coefficient (Wildman–Crippen LogP) is 5.20. The summed E-state index contributed by atoms with van der Waals surface area (Å²) < 4.78 is 16.0. The average Bonchev–Trinajstić information content (AvgIpc) is 2.78. The first-order chi connectivity index (χ1) is 14.9. The van der Waals surface area contributed by atoms with Crippen molar-refractivity contribution in [2.75, 3.05) is 19.5 Å². The lowest BCUT2D eigenvalue weighted by molar-refractivity contribution is -0.125. The number of carbonyl (C=O) groups excluding carboxylic acids is 2. The summed E-state index contributed by atoms with van der Waals surface area (Å²) in [5, 5.41) is 2.98. The van der Waals surface area contributed by atoms with Crippen molar-refractivity contribution in [3.8, 4) is 11.5 Å². The summed E-state index contributed by atoms with van der Waals surface area (Å²) in [4.78, 5) is 25.9. The lowest BCUT2D eigenvalue weighted by atomic mass is 10.1. The topological polar surface area (TPSA) is 73.9 Å². The summed E-state index contributed by atoms with van der Waals surface area (Å²) in [7, 11) is 2.88. The average molecular weight is 440 g/mol. The van der Waals surface area contributed by atoms with Crippen LogP contribution in [0.1, 0.15) is 27.6 Å². The zero-order valence-corrected chi connectivity index (χ0v) is 18.1. The Labute approximate surface area is 185 Å². The van der Waals surface area contributed by atoms with Crippen molar-refractivity contribution in [2.45, 2.75) is 13.0 Å². The Morgan fingerprint density at radius 2 is 1.61 bits per heavy atom. The largest absolute Gasteiger partial charge is 0.493 e. The second-order valence-electron chi connectivity index (χ2n) is 6.74. The van der Waals surface area contributed by atoms with Gasteiger partial charge in [0.1, 0.15) is 0 Å². The van der Waals surface area contributed by atoms with E-state index < -0.39 is 18.0 Å². The fourth-order valence-corrected chi connectivity index (χ4v) is 3.24. The number of methoxy groups -OCH3 is 2. The van der Waals surface area contributed by atoms with Crippen LogP contribution in [0.15, 0.2) is 66.7 Å². The molecule has 160 valence electrons. The Balaban J connectivity index is 1.88. The number of nitrogens with one attached hydrogen (secondary N) is 1. The van der Waals surface area contributed by atoms with Gasteiger partial charge in [0.15, 0.2) is 11.5 Å². The number of amides is 1. The van der Waals surface area contributed by atoms with Gasteiger partial charge in [-0.2, -0.15) is 0 Å². The monoisotopic (exact) mass is 439 g/mol. The molecule has 31 heavy (non-hydrogen) atoms. The lowest BCUT2D eigenvalue weighted by Crippen LogP contribution is -2.26. The summed E-state index contributed by atoms with van der Waals surface area (Å²) in [6.07, 6.45) is -1.16. The molecule has 0 fully saturated rings. The molecule has 3 aromatic rings. The number of hydrogen-bond donors (Lipinski definition) is 1. The third-order valence-corrected chi connectivity index (χ3v) is 4.83. The van der Waals surface area contributed by atoms with Crippen molar-refractivity contribution in [2.24, 2.45) is 0 Å². The van der Waals surface area contributed by atoms with Crippen molar-refractivity contribution in [3.63, 3.8) is 0 Å². The van der Waals surface area contributed by atoms with Crippen LogP contribution in [-0.2, 0) is 9.53 Å². The van der Waals surface area contributed by atoms with Gasteiger partial charge in [-0.3, -0.25) is 4.79 Å². The minimum absolute atomic E-state index is 0.131. The van der Waals surface area contributed by atoms with Crippen molar-refractivity contribution in [3.05, 3.63) is 88.4 Å². The van der Waals surface area contributed by atoms with E-state index in [0.29, 0.717) is 17.0 Å². The van der Waals surface area contributed by atoms with Gasteiger partial charge in [0, 0.05) is 11.3 Å². The number of esters is 1. The van der Waals surface area contributed by atoms with Crippen LogP contribution in [0, 0.1) is 6.92 Å². The lowest BCUT2D eigenvalue weighted by Gasteiger charge is -2.19. The van der Waals surface area contributed by atoms with Crippen molar-refractivity contribution >= 4 is 29.2 Å². The zero-order valence-electron chi connectivity index (χ0n) is 17.3. The molecule has 0 aliphatic carbocycles. The minimum atomic E-state index is -1.16. The first-order valence-corrected chi connectivity index (χ1v) is 9.85. The molecule has 0 heterocycles. The molecule has 0 saturated carbocycles. The van der Waals surface area contributed by atoms with E-state index in [0.717, 1.165) is 5.56 Å². The van der Waals surface area contributed by atoms with E-state index in [2.05, 4.69) is 5.32 Å². The highest BCUT2D eigenvalue weighted by Gasteiger charge is 2.27. The van der Waals surface area contributed by atoms with Gasteiger partial charge in [0.05, 0.1) is 24.8 Å². The van der Waals surface area contributed by atoms with E-state index >= 15 is 0 Å². The number of benzene rings is 3. The molecule has 0 unspecified atom stereocenters. The molecule has 0 bridgehead atoms. The Hall–Kier alpha value is -3.51. The molecule has 0 radical (unpaired) electrons. The van der Waals surface area contributed by atoms with E-state index in [-0.39, 0.29) is 16.3 Å².